The van der Waals surface area contributed by atoms with Gasteiger partial charge in [0.15, 0.2) is 11.2 Å². The Labute approximate surface area is 223 Å². The molecule has 0 saturated carbocycles. The van der Waals surface area contributed by atoms with Crippen LogP contribution in [0.2, 0.25) is 10.0 Å². The molecule has 35 heavy (non-hydrogen) atoms. The first-order chi connectivity index (χ1) is 16.9. The Bertz CT molecular complexity index is 731. The monoisotopic (exact) mass is 528 g/mol. The van der Waals surface area contributed by atoms with Gasteiger partial charge in [0, 0.05) is 0 Å². The van der Waals surface area contributed by atoms with Gasteiger partial charge in [-0.3, -0.25) is 9.59 Å². The molecule has 0 saturated heterocycles. The summed E-state index contributed by atoms with van der Waals surface area (Å²) in [5.41, 5.74) is -1.35. The molecule has 0 amide bonds. The van der Waals surface area contributed by atoms with Crippen LogP contribution in [0, 0.1) is 5.41 Å². The minimum atomic E-state index is -1.35. The molecule has 0 aliphatic carbocycles. The standard InChI is InChI=1S/C29H46Cl2O4/c1-4-7-8-9-10-11-12-13-14-15-16-17-18-19-23-34-27(32)29(5-2,6-3)28(33)35-25-22-20-21-24(30)26(25)31/h20-22H,4-19,23H2,1-3H3. The van der Waals surface area contributed by atoms with Gasteiger partial charge in [-0.05, 0) is 31.4 Å². The van der Waals surface area contributed by atoms with E-state index < -0.39 is 17.4 Å². The highest BCUT2D eigenvalue weighted by Crippen LogP contribution is 2.35. The predicted molar refractivity (Wildman–Crippen MR) is 146 cm³/mol. The van der Waals surface area contributed by atoms with Gasteiger partial charge in [0.1, 0.15) is 5.02 Å². The molecular weight excluding hydrogens is 483 g/mol. The summed E-state index contributed by atoms with van der Waals surface area (Å²) in [6.45, 7) is 6.16. The Morgan fingerprint density at radius 1 is 0.714 bits per heavy atom. The van der Waals surface area contributed by atoms with Gasteiger partial charge in [-0.15, -0.1) is 0 Å². The van der Waals surface area contributed by atoms with E-state index in [0.717, 1.165) is 19.3 Å². The second kappa shape index (κ2) is 18.9. The van der Waals surface area contributed by atoms with Gasteiger partial charge in [-0.1, -0.05) is 134 Å². The molecule has 0 unspecified atom stereocenters. The lowest BCUT2D eigenvalue weighted by molar-refractivity contribution is -0.168. The predicted octanol–water partition coefficient (Wildman–Crippen LogP) is 9.73. The van der Waals surface area contributed by atoms with Crippen LogP contribution in [0.1, 0.15) is 124 Å². The zero-order chi connectivity index (χ0) is 25.9. The average Bonchev–Trinajstić information content (AvgIpc) is 2.85. The fourth-order valence-electron chi connectivity index (χ4n) is 4.27. The third-order valence-electron chi connectivity index (χ3n) is 6.84. The van der Waals surface area contributed by atoms with Crippen molar-refractivity contribution < 1.29 is 19.1 Å². The summed E-state index contributed by atoms with van der Waals surface area (Å²) in [6.07, 6.45) is 18.4. The highest BCUT2D eigenvalue weighted by molar-refractivity contribution is 6.43. The number of hydrogen-bond donors (Lipinski definition) is 0. The molecule has 6 heteroatoms. The summed E-state index contributed by atoms with van der Waals surface area (Å²) in [7, 11) is 0. The van der Waals surface area contributed by atoms with E-state index in [1.807, 2.05) is 0 Å². The second-order valence-corrected chi connectivity index (χ2v) is 10.2. The second-order valence-electron chi connectivity index (χ2n) is 9.46. The molecular formula is C29H46Cl2O4. The first-order valence-electron chi connectivity index (χ1n) is 13.8. The van der Waals surface area contributed by atoms with Gasteiger partial charge < -0.3 is 9.47 Å². The molecule has 0 atom stereocenters. The summed E-state index contributed by atoms with van der Waals surface area (Å²) in [5, 5.41) is 0.440. The van der Waals surface area contributed by atoms with E-state index in [0.29, 0.717) is 6.61 Å². The van der Waals surface area contributed by atoms with E-state index in [1.54, 1.807) is 32.0 Å². The molecule has 0 spiro atoms. The highest BCUT2D eigenvalue weighted by Gasteiger charge is 2.46. The van der Waals surface area contributed by atoms with Crippen molar-refractivity contribution in [3.8, 4) is 5.75 Å². The van der Waals surface area contributed by atoms with Gasteiger partial charge in [-0.25, -0.2) is 0 Å². The van der Waals surface area contributed by atoms with Crippen LogP contribution in [0.25, 0.3) is 0 Å². The quantitative estimate of drug-likeness (QED) is 0.0730. The number of carbonyl (C=O) groups is 2. The molecule has 0 aromatic heterocycles. The summed E-state index contributed by atoms with van der Waals surface area (Å²) < 4.78 is 11.0. The number of unbranched alkanes of at least 4 members (excludes halogenated alkanes) is 13. The van der Waals surface area contributed by atoms with Crippen molar-refractivity contribution in [1.29, 1.82) is 0 Å². The number of carbonyl (C=O) groups excluding carboxylic acids is 2. The van der Waals surface area contributed by atoms with Crippen LogP contribution in [-0.2, 0) is 14.3 Å². The lowest BCUT2D eigenvalue weighted by atomic mass is 9.82. The molecule has 1 rings (SSSR count). The number of rotatable bonds is 20. The number of hydrogen-bond acceptors (Lipinski definition) is 4. The molecule has 1 aromatic carbocycles. The van der Waals surface area contributed by atoms with E-state index in [1.165, 1.54) is 70.6 Å². The van der Waals surface area contributed by atoms with Crippen LogP contribution >= 0.6 is 23.2 Å². The van der Waals surface area contributed by atoms with Crippen molar-refractivity contribution in [2.24, 2.45) is 5.41 Å². The van der Waals surface area contributed by atoms with Gasteiger partial charge in [0.25, 0.3) is 0 Å². The first kappa shape index (κ1) is 31.8. The Morgan fingerprint density at radius 2 is 1.20 bits per heavy atom. The third-order valence-corrected chi connectivity index (χ3v) is 7.64. The van der Waals surface area contributed by atoms with Crippen molar-refractivity contribution in [1.82, 2.24) is 0 Å². The number of esters is 2. The van der Waals surface area contributed by atoms with Crippen LogP contribution in [0.3, 0.4) is 0 Å². The summed E-state index contributed by atoms with van der Waals surface area (Å²) in [4.78, 5) is 25.8. The summed E-state index contributed by atoms with van der Waals surface area (Å²) in [6, 6.07) is 4.81. The maximum absolute atomic E-state index is 12.9. The largest absolute Gasteiger partial charge is 0.465 e. The highest BCUT2D eigenvalue weighted by atomic mass is 35.5. The van der Waals surface area contributed by atoms with Crippen molar-refractivity contribution in [3.63, 3.8) is 0 Å². The number of benzene rings is 1. The fourth-order valence-corrected chi connectivity index (χ4v) is 4.60. The zero-order valence-corrected chi connectivity index (χ0v) is 23.7. The Balaban J connectivity index is 2.24. The summed E-state index contributed by atoms with van der Waals surface area (Å²) in [5.74, 6) is -1.03. The van der Waals surface area contributed by atoms with Crippen LogP contribution < -0.4 is 4.74 Å². The molecule has 0 aliphatic rings. The van der Waals surface area contributed by atoms with E-state index in [4.69, 9.17) is 32.7 Å². The molecule has 1 aromatic rings. The molecule has 0 aliphatic heterocycles. The normalized spacial score (nSPS) is 11.5. The zero-order valence-electron chi connectivity index (χ0n) is 22.1. The molecule has 0 radical (unpaired) electrons. The van der Waals surface area contributed by atoms with Crippen molar-refractivity contribution >= 4 is 35.1 Å². The molecule has 4 nitrogen and oxygen atoms in total. The Hall–Kier alpha value is -1.26. The maximum atomic E-state index is 12.9. The SMILES string of the molecule is CCCCCCCCCCCCCCCCOC(=O)C(CC)(CC)C(=O)Oc1cccc(Cl)c1Cl. The van der Waals surface area contributed by atoms with Crippen LogP contribution in [0.4, 0.5) is 0 Å². The van der Waals surface area contributed by atoms with Crippen molar-refractivity contribution in [2.75, 3.05) is 6.61 Å². The number of halogens is 2. The maximum Gasteiger partial charge on any atom is 0.328 e. The Kier molecular flexibility index (Phi) is 17.2. The van der Waals surface area contributed by atoms with Gasteiger partial charge in [-0.2, -0.15) is 0 Å². The topological polar surface area (TPSA) is 52.6 Å². The Morgan fingerprint density at radius 3 is 1.69 bits per heavy atom. The van der Waals surface area contributed by atoms with E-state index >= 15 is 0 Å². The lowest BCUT2D eigenvalue weighted by Gasteiger charge is -2.27. The molecule has 200 valence electrons. The van der Waals surface area contributed by atoms with Gasteiger partial charge in [0.05, 0.1) is 11.6 Å². The van der Waals surface area contributed by atoms with Crippen molar-refractivity contribution in [2.45, 2.75) is 124 Å². The molecule has 0 fully saturated rings. The fraction of sp³-hybridized carbons (Fsp3) is 0.724. The first-order valence-corrected chi connectivity index (χ1v) is 14.5. The van der Waals surface area contributed by atoms with Crippen LogP contribution in [0.5, 0.6) is 5.75 Å². The molecule has 0 N–H and O–H groups in total. The third kappa shape index (κ3) is 11.6. The molecule has 0 heterocycles. The van der Waals surface area contributed by atoms with E-state index in [-0.39, 0.29) is 28.6 Å². The molecule has 0 bridgehead atoms. The lowest BCUT2D eigenvalue weighted by Crippen LogP contribution is -2.42. The minimum Gasteiger partial charge on any atom is -0.465 e. The van der Waals surface area contributed by atoms with E-state index in [2.05, 4.69) is 6.92 Å². The summed E-state index contributed by atoms with van der Waals surface area (Å²) >= 11 is 12.1. The van der Waals surface area contributed by atoms with Crippen molar-refractivity contribution in [3.05, 3.63) is 28.2 Å². The van der Waals surface area contributed by atoms with Gasteiger partial charge >= 0.3 is 11.9 Å². The van der Waals surface area contributed by atoms with Gasteiger partial charge in [0.2, 0.25) is 0 Å². The van der Waals surface area contributed by atoms with E-state index in [9.17, 15) is 9.59 Å². The number of ether oxygens (including phenoxy) is 2. The smallest absolute Gasteiger partial charge is 0.328 e. The minimum absolute atomic E-state index is 0.148. The average molecular weight is 530 g/mol. The van der Waals surface area contributed by atoms with Crippen LogP contribution in [-0.4, -0.2) is 18.5 Å². The van der Waals surface area contributed by atoms with Crippen LogP contribution in [0.15, 0.2) is 18.2 Å².